The quantitative estimate of drug-likeness (QED) is 0.0689. The molecule has 22 heteroatoms. The van der Waals surface area contributed by atoms with Crippen LogP contribution in [0.5, 0.6) is 0 Å². The van der Waals surface area contributed by atoms with E-state index < -0.39 is 95.8 Å². The highest BCUT2D eigenvalue weighted by molar-refractivity contribution is 7.99. The molecule has 2 aromatic rings. The summed E-state index contributed by atoms with van der Waals surface area (Å²) in [5.74, 6) is -6.71. The lowest BCUT2D eigenvalue weighted by molar-refractivity contribution is -0.141. The highest BCUT2D eigenvalue weighted by Gasteiger charge is 2.39. The third kappa shape index (κ3) is 17.1. The summed E-state index contributed by atoms with van der Waals surface area (Å²) in [5, 5.41) is 26.6. The molecule has 0 bridgehead atoms. The predicted molar refractivity (Wildman–Crippen MR) is 247 cm³/mol. The van der Waals surface area contributed by atoms with Crippen molar-refractivity contribution in [2.75, 3.05) is 31.1 Å². The largest absolute Gasteiger partial charge is 0.370 e. The number of amides is 8. The normalized spacial score (nSPS) is 22.8. The molecule has 0 radical (unpaired) electrons. The molecule has 360 valence electrons. The first-order valence-electron chi connectivity index (χ1n) is 21.9. The second-order valence-corrected chi connectivity index (χ2v) is 18.2. The minimum absolute atomic E-state index is 0.0147. The van der Waals surface area contributed by atoms with Crippen molar-refractivity contribution in [1.29, 1.82) is 5.41 Å². The number of carbonyl (C=O) groups is 8. The van der Waals surface area contributed by atoms with Crippen LogP contribution in [0.25, 0.3) is 0 Å². The standard InChI is InChI=1S/C44H61ClFN11O8S/c1-25(2)37-42(64)54-32(23-35(47)58)39(61)55-33(43(65)57-19-5-7-34(57)41(63)50-17-3-4-18-51-44(48)49)24-66-20-6-8-36(59)52-30(21-26-9-13-28(45)14-10-26)38(60)53-31(40(62)56-37)22-27-11-15-29(46)16-12-27/h9-16,25,30-34,37H,3-8,17-24H2,1-2H3,(H2,47,58)(H,50,63)(H,52,59)(H,53,60)(H,54,64)(H,55,61)(H,56,62)(H4,48,49,51)/t30-,31-,32-,33-,34-,37-/m0/s1. The third-order valence-corrected chi connectivity index (χ3v) is 12.3. The number of guanidine groups is 1. The summed E-state index contributed by atoms with van der Waals surface area (Å²) in [7, 11) is 0. The van der Waals surface area contributed by atoms with Gasteiger partial charge in [-0.1, -0.05) is 49.7 Å². The number of halogens is 2. The van der Waals surface area contributed by atoms with Crippen molar-refractivity contribution in [1.82, 2.24) is 42.1 Å². The van der Waals surface area contributed by atoms with Crippen LogP contribution in [0, 0.1) is 17.1 Å². The van der Waals surface area contributed by atoms with Crippen LogP contribution < -0.4 is 48.7 Å². The number of nitrogens with two attached hydrogens (primary N) is 2. The Labute approximate surface area is 392 Å². The highest BCUT2D eigenvalue weighted by Crippen LogP contribution is 2.21. The summed E-state index contributed by atoms with van der Waals surface area (Å²) in [6.07, 6.45) is 1.54. The summed E-state index contributed by atoms with van der Waals surface area (Å²) in [4.78, 5) is 111. The average molecular weight is 959 g/mol. The SMILES string of the molecule is CC(C)[C@@H]1NC(=O)[C@H](Cc2ccc(F)cc2)NC(=O)[C@H](Cc2ccc(Cl)cc2)NC(=O)CCCSC[C@@H](C(=O)N2CCC[C@H]2C(=O)NCCCCNC(=N)N)NC(=O)[C@H](CC(N)=O)NC1=O. The van der Waals surface area contributed by atoms with Gasteiger partial charge in [-0.05, 0) is 79.2 Å². The zero-order valence-corrected chi connectivity index (χ0v) is 38.7. The minimum atomic E-state index is -1.60. The summed E-state index contributed by atoms with van der Waals surface area (Å²) in [6, 6.07) is 4.37. The van der Waals surface area contributed by atoms with E-state index in [1.807, 2.05) is 0 Å². The van der Waals surface area contributed by atoms with Gasteiger partial charge in [0.2, 0.25) is 47.3 Å². The second-order valence-electron chi connectivity index (χ2n) is 16.6. The van der Waals surface area contributed by atoms with Crippen molar-refractivity contribution < 1.29 is 42.7 Å². The van der Waals surface area contributed by atoms with Gasteiger partial charge >= 0.3 is 0 Å². The van der Waals surface area contributed by atoms with E-state index >= 15 is 0 Å². The lowest BCUT2D eigenvalue weighted by atomic mass is 9.99. The number of hydrogen-bond donors (Lipinski definition) is 10. The molecular formula is C44H61ClFN11O8S. The number of nitrogens with one attached hydrogen (secondary N) is 8. The minimum Gasteiger partial charge on any atom is -0.370 e. The molecule has 2 aromatic carbocycles. The Bertz CT molecular complexity index is 2050. The fourth-order valence-electron chi connectivity index (χ4n) is 7.42. The highest BCUT2D eigenvalue weighted by atomic mass is 35.5. The molecule has 2 saturated heterocycles. The zero-order valence-electron chi connectivity index (χ0n) is 37.1. The van der Waals surface area contributed by atoms with E-state index in [0.717, 1.165) is 0 Å². The van der Waals surface area contributed by atoms with Crippen molar-refractivity contribution in [3.8, 4) is 0 Å². The maximum atomic E-state index is 14.3. The van der Waals surface area contributed by atoms with Gasteiger partial charge in [0.05, 0.1) is 6.42 Å². The number of unbranched alkanes of at least 4 members (excludes halogenated alkanes) is 1. The third-order valence-electron chi connectivity index (χ3n) is 10.9. The van der Waals surface area contributed by atoms with Crippen molar-refractivity contribution in [3.63, 3.8) is 0 Å². The van der Waals surface area contributed by atoms with Crippen molar-refractivity contribution in [2.24, 2.45) is 17.4 Å². The smallest absolute Gasteiger partial charge is 0.246 e. The molecule has 0 aromatic heterocycles. The van der Waals surface area contributed by atoms with Gasteiger partial charge in [0.25, 0.3) is 0 Å². The number of nitrogens with zero attached hydrogens (tertiary/aromatic N) is 1. The first-order valence-corrected chi connectivity index (χ1v) is 23.5. The Morgan fingerprint density at radius 3 is 2.00 bits per heavy atom. The Morgan fingerprint density at radius 1 is 0.803 bits per heavy atom. The van der Waals surface area contributed by atoms with E-state index in [1.165, 1.54) is 40.9 Å². The summed E-state index contributed by atoms with van der Waals surface area (Å²) in [5.41, 5.74) is 12.0. The van der Waals surface area contributed by atoms with Crippen LogP contribution in [0.15, 0.2) is 48.5 Å². The van der Waals surface area contributed by atoms with Gasteiger partial charge in [-0.15, -0.1) is 0 Å². The van der Waals surface area contributed by atoms with Crippen LogP contribution in [0.1, 0.15) is 69.9 Å². The molecule has 66 heavy (non-hydrogen) atoms. The molecule has 2 heterocycles. The first-order chi connectivity index (χ1) is 31.4. The fraction of sp³-hybridized carbons (Fsp3) is 0.523. The molecule has 0 saturated carbocycles. The van der Waals surface area contributed by atoms with Crippen molar-refractivity contribution in [3.05, 3.63) is 70.5 Å². The molecular weight excluding hydrogens is 897 g/mol. The Balaban J connectivity index is 1.63. The first kappa shape index (κ1) is 52.7. The summed E-state index contributed by atoms with van der Waals surface area (Å²) < 4.78 is 13.9. The van der Waals surface area contributed by atoms with E-state index in [-0.39, 0.29) is 49.8 Å². The number of thioether (sulfide) groups is 1. The molecule has 0 aliphatic carbocycles. The van der Waals surface area contributed by atoms with Crippen LogP contribution in [-0.4, -0.2) is 126 Å². The maximum absolute atomic E-state index is 14.3. The number of benzene rings is 2. The van der Waals surface area contributed by atoms with Crippen LogP contribution in [-0.2, 0) is 51.2 Å². The van der Waals surface area contributed by atoms with Gasteiger partial charge in [0, 0.05) is 49.7 Å². The fourth-order valence-corrected chi connectivity index (χ4v) is 8.52. The lowest BCUT2D eigenvalue weighted by Crippen LogP contribution is -2.61. The average Bonchev–Trinajstić information content (AvgIpc) is 3.76. The summed E-state index contributed by atoms with van der Waals surface area (Å²) >= 11 is 7.35. The molecule has 8 amide bonds. The zero-order chi connectivity index (χ0) is 48.3. The molecule has 12 N–H and O–H groups in total. The van der Waals surface area contributed by atoms with Crippen molar-refractivity contribution >= 4 is 76.6 Å². The van der Waals surface area contributed by atoms with Gasteiger partial charge < -0.3 is 53.6 Å². The van der Waals surface area contributed by atoms with Crippen molar-refractivity contribution in [2.45, 2.75) is 108 Å². The molecule has 6 atom stereocenters. The monoisotopic (exact) mass is 957 g/mol. The topological polar surface area (TPSA) is 300 Å². The van der Waals surface area contributed by atoms with Crippen LogP contribution in [0.4, 0.5) is 4.39 Å². The van der Waals surface area contributed by atoms with E-state index in [9.17, 15) is 42.7 Å². The molecule has 0 unspecified atom stereocenters. The van der Waals surface area contributed by atoms with Crippen LogP contribution in [0.3, 0.4) is 0 Å². The second kappa shape index (κ2) is 26.3. The van der Waals surface area contributed by atoms with Gasteiger partial charge in [0.15, 0.2) is 5.96 Å². The van der Waals surface area contributed by atoms with E-state index in [4.69, 9.17) is 28.5 Å². The van der Waals surface area contributed by atoms with E-state index in [2.05, 4.69) is 37.2 Å². The molecule has 2 aliphatic rings. The number of primary amides is 1. The van der Waals surface area contributed by atoms with E-state index in [0.29, 0.717) is 60.7 Å². The number of carbonyl (C=O) groups excluding carboxylic acids is 8. The maximum Gasteiger partial charge on any atom is 0.246 e. The molecule has 19 nitrogen and oxygen atoms in total. The lowest BCUT2D eigenvalue weighted by Gasteiger charge is -2.30. The Morgan fingerprint density at radius 2 is 1.38 bits per heavy atom. The number of hydrogen-bond acceptors (Lipinski definition) is 10. The number of likely N-dealkylation sites (tertiary alicyclic amines) is 1. The van der Waals surface area contributed by atoms with Crippen LogP contribution in [0.2, 0.25) is 5.02 Å². The van der Waals surface area contributed by atoms with Gasteiger partial charge in [0.1, 0.15) is 42.1 Å². The Hall–Kier alpha value is -5.96. The van der Waals surface area contributed by atoms with Gasteiger partial charge in [-0.25, -0.2) is 4.39 Å². The molecule has 2 aliphatic heterocycles. The van der Waals surface area contributed by atoms with E-state index in [1.54, 1.807) is 38.1 Å². The number of rotatable bonds is 14. The molecule has 0 spiro atoms. The van der Waals surface area contributed by atoms with Gasteiger partial charge in [-0.2, -0.15) is 11.8 Å². The van der Waals surface area contributed by atoms with Crippen LogP contribution >= 0.6 is 23.4 Å². The van der Waals surface area contributed by atoms with Gasteiger partial charge in [-0.3, -0.25) is 43.8 Å². The molecule has 2 fully saturated rings. The predicted octanol–water partition coefficient (Wildman–Crippen LogP) is 0.117. The molecule has 4 rings (SSSR count). The Kier molecular flexibility index (Phi) is 20.9. The summed E-state index contributed by atoms with van der Waals surface area (Å²) in [6.45, 7) is 4.24.